The predicted octanol–water partition coefficient (Wildman–Crippen LogP) is 4.57. The van der Waals surface area contributed by atoms with Crippen LogP contribution in [0.4, 0.5) is 0 Å². The van der Waals surface area contributed by atoms with Gasteiger partial charge < -0.3 is 9.47 Å². The molecule has 2 rings (SSSR count). The molecule has 0 bridgehead atoms. The van der Waals surface area contributed by atoms with Gasteiger partial charge in [0.05, 0.1) is 0 Å². The van der Waals surface area contributed by atoms with Crippen LogP contribution in [0.3, 0.4) is 0 Å². The van der Waals surface area contributed by atoms with Gasteiger partial charge in [0.25, 0.3) is 0 Å². The molecule has 0 spiro atoms. The van der Waals surface area contributed by atoms with Crippen LogP contribution in [0.15, 0.2) is 70.6 Å². The lowest BCUT2D eigenvalue weighted by atomic mass is 10.2. The van der Waals surface area contributed by atoms with Crippen molar-refractivity contribution < 1.29 is 19.1 Å². The van der Waals surface area contributed by atoms with Gasteiger partial charge in [0, 0.05) is 38.1 Å². The summed E-state index contributed by atoms with van der Waals surface area (Å²) < 4.78 is 10.5. The van der Waals surface area contributed by atoms with Crippen LogP contribution in [0.25, 0.3) is 0 Å². The largest absolute Gasteiger partial charge is 0.407 e. The molecule has 0 saturated heterocycles. The Morgan fingerprint density at radius 2 is 1.00 bits per heavy atom. The van der Waals surface area contributed by atoms with Crippen LogP contribution < -0.4 is 0 Å². The van der Waals surface area contributed by atoms with E-state index in [1.54, 1.807) is 0 Å². The van der Waals surface area contributed by atoms with Crippen LogP contribution in [-0.4, -0.2) is 36.8 Å². The fourth-order valence-electron chi connectivity index (χ4n) is 2.74. The van der Waals surface area contributed by atoms with E-state index in [1.807, 2.05) is 60.7 Å². The molecule has 6 heteroatoms. The molecule has 0 aliphatic carbocycles. The highest BCUT2D eigenvalue weighted by Crippen LogP contribution is 2.07. The minimum absolute atomic E-state index is 0.363. The van der Waals surface area contributed by atoms with Gasteiger partial charge in [0.15, 0.2) is 0 Å². The average molecular weight is 408 g/mol. The number of carbonyl (C=O) groups is 2. The van der Waals surface area contributed by atoms with Gasteiger partial charge in [-0.1, -0.05) is 49.2 Å². The summed E-state index contributed by atoms with van der Waals surface area (Å²) in [5.41, 5.74) is 1.59. The first-order chi connectivity index (χ1) is 14.6. The first kappa shape index (κ1) is 23.0. The van der Waals surface area contributed by atoms with Gasteiger partial charge in [-0.05, 0) is 37.1 Å². The normalized spacial score (nSPS) is 11.8. The zero-order valence-corrected chi connectivity index (χ0v) is 17.5. The number of nitrogens with zero attached hydrogens (tertiary/aromatic N) is 2. The Hall–Kier alpha value is -3.28. The summed E-state index contributed by atoms with van der Waals surface area (Å²) in [6.07, 6.45) is 3.73. The molecule has 0 aliphatic heterocycles. The van der Waals surface area contributed by atoms with Crippen molar-refractivity contribution in [3.05, 3.63) is 71.8 Å². The summed E-state index contributed by atoms with van der Waals surface area (Å²) in [6, 6.07) is 18.8. The van der Waals surface area contributed by atoms with E-state index in [9.17, 15) is 9.59 Å². The smallest absolute Gasteiger partial charge is 0.309 e. The maximum absolute atomic E-state index is 11.3. The quantitative estimate of drug-likeness (QED) is 0.264. The molecule has 30 heavy (non-hydrogen) atoms. The number of rotatable bonds is 9. The van der Waals surface area contributed by atoms with Gasteiger partial charge in [0.2, 0.25) is 11.8 Å². The minimum atomic E-state index is -0.377. The number of aliphatic imine (C=N–C) groups is 2. The van der Waals surface area contributed by atoms with E-state index in [1.165, 1.54) is 13.8 Å². The summed E-state index contributed by atoms with van der Waals surface area (Å²) in [6.45, 7) is 3.92. The zero-order chi connectivity index (χ0) is 21.6. The molecule has 0 heterocycles. The maximum atomic E-state index is 11.3. The van der Waals surface area contributed by atoms with Crippen molar-refractivity contribution in [2.75, 3.05) is 13.1 Å². The molecule has 0 atom stereocenters. The van der Waals surface area contributed by atoms with E-state index in [-0.39, 0.29) is 11.9 Å². The molecular formula is C24H28N2O4. The van der Waals surface area contributed by atoms with E-state index in [0.717, 1.165) is 36.8 Å². The van der Waals surface area contributed by atoms with Gasteiger partial charge in [0.1, 0.15) is 0 Å². The number of hydrogen-bond acceptors (Lipinski definition) is 6. The van der Waals surface area contributed by atoms with Gasteiger partial charge in [-0.15, -0.1) is 0 Å². The first-order valence-electron chi connectivity index (χ1n) is 10.1. The first-order valence-corrected chi connectivity index (χ1v) is 10.1. The molecule has 158 valence electrons. The number of unbranched alkanes of at least 4 members (excludes halogenated alkanes) is 3. The lowest BCUT2D eigenvalue weighted by Crippen LogP contribution is -2.12. The van der Waals surface area contributed by atoms with Gasteiger partial charge >= 0.3 is 11.9 Å². The van der Waals surface area contributed by atoms with Crippen LogP contribution in [0.1, 0.15) is 50.7 Å². The third kappa shape index (κ3) is 8.82. The van der Waals surface area contributed by atoms with Crippen LogP contribution >= 0.6 is 0 Å². The summed E-state index contributed by atoms with van der Waals surface area (Å²) >= 11 is 0. The number of carbonyl (C=O) groups excluding carboxylic acids is 2. The highest BCUT2D eigenvalue weighted by Gasteiger charge is 2.08. The third-order valence-corrected chi connectivity index (χ3v) is 4.10. The van der Waals surface area contributed by atoms with Crippen LogP contribution in [0.5, 0.6) is 0 Å². The van der Waals surface area contributed by atoms with E-state index >= 15 is 0 Å². The Bertz CT molecular complexity index is 788. The van der Waals surface area contributed by atoms with Crippen molar-refractivity contribution in [2.45, 2.75) is 39.5 Å². The number of esters is 2. The molecule has 0 saturated carbocycles. The second kappa shape index (κ2) is 13.0. The topological polar surface area (TPSA) is 77.3 Å². The predicted molar refractivity (Wildman–Crippen MR) is 118 cm³/mol. The second-order valence-corrected chi connectivity index (χ2v) is 6.71. The Morgan fingerprint density at radius 1 is 0.633 bits per heavy atom. The molecular weight excluding hydrogens is 380 g/mol. The fraction of sp³-hybridized carbons (Fsp3) is 0.333. The van der Waals surface area contributed by atoms with Crippen molar-refractivity contribution in [3.8, 4) is 0 Å². The van der Waals surface area contributed by atoms with Crippen LogP contribution in [-0.2, 0) is 19.1 Å². The molecule has 0 fully saturated rings. The molecule has 2 aromatic rings. The van der Waals surface area contributed by atoms with E-state index in [0.29, 0.717) is 24.9 Å². The monoisotopic (exact) mass is 408 g/mol. The fourth-order valence-corrected chi connectivity index (χ4v) is 2.74. The minimum Gasteiger partial charge on any atom is -0.407 e. The Balaban J connectivity index is 1.77. The maximum Gasteiger partial charge on any atom is 0.309 e. The van der Waals surface area contributed by atoms with Crippen molar-refractivity contribution in [2.24, 2.45) is 9.98 Å². The molecule has 2 aromatic carbocycles. The zero-order valence-electron chi connectivity index (χ0n) is 17.5. The number of benzene rings is 2. The Kier molecular flexibility index (Phi) is 10.00. The molecule has 6 nitrogen and oxygen atoms in total. The molecule has 0 amide bonds. The summed E-state index contributed by atoms with van der Waals surface area (Å²) in [4.78, 5) is 31.5. The molecule has 0 aliphatic rings. The van der Waals surface area contributed by atoms with Crippen molar-refractivity contribution in [1.29, 1.82) is 0 Å². The summed E-state index contributed by atoms with van der Waals surface area (Å²) in [5, 5.41) is 0. The standard InChI is InChI=1S/C24H28N2O4/c1-19(27)29-23(21-13-7-5-8-14-21)25-17-11-3-4-12-18-26-24(30-20(2)28)22-15-9-6-10-16-22/h5-10,13-16H,3-4,11-12,17-18H2,1-2H3. The molecule has 0 N–H and O–H groups in total. The number of ether oxygens (including phenoxy) is 2. The van der Waals surface area contributed by atoms with Gasteiger partial charge in [-0.25, -0.2) is 0 Å². The van der Waals surface area contributed by atoms with Gasteiger partial charge in [-0.2, -0.15) is 0 Å². The lowest BCUT2D eigenvalue weighted by Gasteiger charge is -2.07. The third-order valence-electron chi connectivity index (χ3n) is 4.10. The number of hydrogen-bond donors (Lipinski definition) is 0. The van der Waals surface area contributed by atoms with E-state index in [2.05, 4.69) is 9.98 Å². The second-order valence-electron chi connectivity index (χ2n) is 6.71. The van der Waals surface area contributed by atoms with Crippen molar-refractivity contribution in [1.82, 2.24) is 0 Å². The highest BCUT2D eigenvalue weighted by molar-refractivity contribution is 6.00. The molecule has 0 aromatic heterocycles. The average Bonchev–Trinajstić information content (AvgIpc) is 2.74. The summed E-state index contributed by atoms with van der Waals surface area (Å²) in [7, 11) is 0. The van der Waals surface area contributed by atoms with Gasteiger partial charge in [-0.3, -0.25) is 19.6 Å². The highest BCUT2D eigenvalue weighted by atomic mass is 16.5. The lowest BCUT2D eigenvalue weighted by molar-refractivity contribution is -0.133. The van der Waals surface area contributed by atoms with E-state index < -0.39 is 0 Å². The van der Waals surface area contributed by atoms with E-state index in [4.69, 9.17) is 9.47 Å². The van der Waals surface area contributed by atoms with Crippen molar-refractivity contribution in [3.63, 3.8) is 0 Å². The Labute approximate surface area is 177 Å². The molecule has 0 unspecified atom stereocenters. The van der Waals surface area contributed by atoms with Crippen LogP contribution in [0.2, 0.25) is 0 Å². The molecule has 0 radical (unpaired) electrons. The van der Waals surface area contributed by atoms with Crippen LogP contribution in [0, 0.1) is 0 Å². The van der Waals surface area contributed by atoms with Crippen molar-refractivity contribution >= 4 is 23.7 Å². The summed E-state index contributed by atoms with van der Waals surface area (Å²) in [5.74, 6) is -0.0295. The Morgan fingerprint density at radius 3 is 1.33 bits per heavy atom. The SMILES string of the molecule is CC(=O)OC(=NCCCCCCN=C(OC(C)=O)c1ccccc1)c1ccccc1.